The van der Waals surface area contributed by atoms with E-state index in [0.29, 0.717) is 56.0 Å². The van der Waals surface area contributed by atoms with Crippen LogP contribution in [0.2, 0.25) is 0 Å². The Kier molecular flexibility index (Phi) is 14.9. The van der Waals surface area contributed by atoms with Crippen LogP contribution in [0.1, 0.15) is 113 Å². The molecule has 338 valence electrons. The van der Waals surface area contributed by atoms with Crippen LogP contribution in [0.25, 0.3) is 0 Å². The molecule has 64 heavy (non-hydrogen) atoms. The van der Waals surface area contributed by atoms with Crippen molar-refractivity contribution in [2.75, 3.05) is 21.3 Å². The van der Waals surface area contributed by atoms with E-state index in [9.17, 15) is 14.4 Å². The molecule has 3 unspecified atom stereocenters. The van der Waals surface area contributed by atoms with E-state index in [-0.39, 0.29) is 36.0 Å². The molecule has 0 saturated heterocycles. The zero-order valence-electron chi connectivity index (χ0n) is 38.3. The monoisotopic (exact) mass is 872 g/mol. The van der Waals surface area contributed by atoms with Crippen LogP contribution in [0.15, 0.2) is 110 Å². The maximum atomic E-state index is 12.9. The molecule has 0 spiro atoms. The summed E-state index contributed by atoms with van der Waals surface area (Å²) < 4.78 is 20.9. The third-order valence-electron chi connectivity index (χ3n) is 11.7. The third kappa shape index (κ3) is 11.5. The second-order valence-electron chi connectivity index (χ2n) is 18.2. The van der Waals surface area contributed by atoms with Gasteiger partial charge in [0.2, 0.25) is 0 Å². The van der Waals surface area contributed by atoms with Crippen LogP contribution in [-0.4, -0.2) is 89.1 Å². The summed E-state index contributed by atoms with van der Waals surface area (Å²) in [5.74, 6) is -0.937. The smallest absolute Gasteiger partial charge is 0.311 e. The van der Waals surface area contributed by atoms with E-state index >= 15 is 0 Å². The van der Waals surface area contributed by atoms with Gasteiger partial charge in [-0.2, -0.15) is 0 Å². The molecule has 0 N–H and O–H groups in total. The third-order valence-corrected chi connectivity index (χ3v) is 11.7. The Morgan fingerprint density at radius 1 is 0.469 bits per heavy atom. The Bertz CT molecular complexity index is 2180. The molecule has 3 aromatic carbocycles. The minimum atomic E-state index is -0.807. The Morgan fingerprint density at radius 3 is 0.953 bits per heavy atom. The van der Waals surface area contributed by atoms with Gasteiger partial charge in [0.15, 0.2) is 0 Å². The number of rotatable bonds is 21. The van der Waals surface area contributed by atoms with Crippen LogP contribution in [0.4, 0.5) is 0 Å². The minimum Gasteiger partial charge on any atom is -0.469 e. The lowest BCUT2D eigenvalue weighted by Crippen LogP contribution is -2.30. The van der Waals surface area contributed by atoms with Crippen molar-refractivity contribution in [3.8, 4) is 0 Å². The highest BCUT2D eigenvalue weighted by atomic mass is 16.5. The van der Waals surface area contributed by atoms with Gasteiger partial charge in [0.25, 0.3) is 0 Å². The average molecular weight is 873 g/mol. The van der Waals surface area contributed by atoms with Crippen molar-refractivity contribution < 1.29 is 28.6 Å². The number of benzene rings is 3. The number of hydrogen-bond donors (Lipinski definition) is 0. The predicted molar refractivity (Wildman–Crippen MR) is 238 cm³/mol. The van der Waals surface area contributed by atoms with E-state index in [1.54, 1.807) is 14.0 Å². The average Bonchev–Trinajstić information content (AvgIpc) is 4.09. The molecule has 0 aliphatic carbocycles. The Balaban J connectivity index is 1.34. The molecule has 0 saturated carbocycles. The van der Waals surface area contributed by atoms with Crippen molar-refractivity contribution in [1.82, 2.24) is 49.9 Å². The van der Waals surface area contributed by atoms with Crippen molar-refractivity contribution >= 4 is 17.9 Å². The number of ether oxygens (including phenoxy) is 3. The molecule has 6 aromatic rings. The molecule has 0 amide bonds. The van der Waals surface area contributed by atoms with E-state index in [0.717, 1.165) is 16.7 Å². The Labute approximate surface area is 374 Å². The van der Waals surface area contributed by atoms with Crippen LogP contribution >= 0.6 is 0 Å². The lowest BCUT2D eigenvalue weighted by Gasteiger charge is -2.27. The Morgan fingerprint density at radius 2 is 0.719 bits per heavy atom. The number of hydrogen-bond acceptors (Lipinski definition) is 13. The fourth-order valence-electron chi connectivity index (χ4n) is 8.12. The maximum Gasteiger partial charge on any atom is 0.311 e. The number of nitrogens with zero attached hydrogens (tertiary/aromatic N) is 10. The Hall–Kier alpha value is -6.55. The van der Waals surface area contributed by atoms with Gasteiger partial charge in [0.05, 0.1) is 91.4 Å². The summed E-state index contributed by atoms with van der Waals surface area (Å²) in [6, 6.07) is 28.8. The number of esters is 3. The molecular weight excluding hydrogens is 813 g/mol. The predicted octanol–water partition coefficient (Wildman–Crippen LogP) is 7.20. The molecule has 0 radical (unpaired) electrons. The molecule has 6 rings (SSSR count). The molecule has 0 fully saturated rings. The first-order valence-electron chi connectivity index (χ1n) is 21.4. The first-order valence-corrected chi connectivity index (χ1v) is 21.4. The quantitative estimate of drug-likeness (QED) is 0.0525. The summed E-state index contributed by atoms with van der Waals surface area (Å²) in [7, 11) is 4.20. The largest absolute Gasteiger partial charge is 0.469 e. The molecule has 0 aliphatic rings. The van der Waals surface area contributed by atoms with Gasteiger partial charge in [-0.05, 0) is 77.5 Å². The molecule has 3 heterocycles. The molecule has 16 heteroatoms. The SMILES string of the molecule is COC(=O)C(C)(C)CC(c1ccccc1)n1cc(CN(Cc2cn(C(CC(C)(C)C(=O)OC)c3ccccc3)nn2)Cc2cn(C(CC(C)(C)C(=O)OC)c3ccccc3)nn2)nn1. The topological polar surface area (TPSA) is 174 Å². The summed E-state index contributed by atoms with van der Waals surface area (Å²) in [6.07, 6.45) is 7.00. The number of carbonyl (C=O) groups excluding carboxylic acids is 3. The fourth-order valence-corrected chi connectivity index (χ4v) is 8.12. The van der Waals surface area contributed by atoms with Gasteiger partial charge >= 0.3 is 17.9 Å². The normalized spacial score (nSPS) is 13.6. The molecule has 16 nitrogen and oxygen atoms in total. The highest BCUT2D eigenvalue weighted by Gasteiger charge is 2.37. The zero-order valence-corrected chi connectivity index (χ0v) is 38.3. The van der Waals surface area contributed by atoms with Crippen molar-refractivity contribution in [2.24, 2.45) is 16.2 Å². The fraction of sp³-hybridized carbons (Fsp3) is 0.438. The van der Waals surface area contributed by atoms with Gasteiger partial charge in [-0.3, -0.25) is 19.3 Å². The van der Waals surface area contributed by atoms with Gasteiger partial charge in [0.1, 0.15) is 0 Å². The van der Waals surface area contributed by atoms with Crippen molar-refractivity contribution in [3.63, 3.8) is 0 Å². The lowest BCUT2D eigenvalue weighted by atomic mass is 9.83. The van der Waals surface area contributed by atoms with Crippen LogP contribution in [0, 0.1) is 16.2 Å². The highest BCUT2D eigenvalue weighted by Crippen LogP contribution is 2.36. The zero-order chi connectivity index (χ0) is 46.1. The summed E-state index contributed by atoms with van der Waals surface area (Å²) in [6.45, 7) is 12.2. The van der Waals surface area contributed by atoms with Gasteiger partial charge in [0, 0.05) is 19.6 Å². The van der Waals surface area contributed by atoms with E-state index in [4.69, 9.17) is 14.2 Å². The van der Waals surface area contributed by atoms with E-state index in [1.807, 2.05) is 151 Å². The van der Waals surface area contributed by atoms with Crippen LogP contribution in [-0.2, 0) is 48.2 Å². The lowest BCUT2D eigenvalue weighted by molar-refractivity contribution is -0.152. The molecule has 3 aromatic heterocycles. The summed E-state index contributed by atoms with van der Waals surface area (Å²) in [5, 5.41) is 27.8. The van der Waals surface area contributed by atoms with Gasteiger partial charge < -0.3 is 14.2 Å². The first-order chi connectivity index (χ1) is 30.5. The maximum absolute atomic E-state index is 12.9. The molecular formula is C48H60N10O6. The number of aromatic nitrogens is 9. The van der Waals surface area contributed by atoms with Gasteiger partial charge in [-0.15, -0.1) is 15.3 Å². The van der Waals surface area contributed by atoms with Crippen LogP contribution < -0.4 is 0 Å². The van der Waals surface area contributed by atoms with Crippen LogP contribution in [0.5, 0.6) is 0 Å². The minimum absolute atomic E-state index is 0.307. The summed E-state index contributed by atoms with van der Waals surface area (Å²) >= 11 is 0. The first kappa shape index (κ1) is 46.9. The van der Waals surface area contributed by atoms with Gasteiger partial charge in [-0.25, -0.2) is 14.0 Å². The molecule has 0 aliphatic heterocycles. The van der Waals surface area contributed by atoms with E-state index < -0.39 is 16.2 Å². The van der Waals surface area contributed by atoms with Crippen LogP contribution in [0.3, 0.4) is 0 Å². The summed E-state index contributed by atoms with van der Waals surface area (Å²) in [5.41, 5.74) is 2.56. The van der Waals surface area contributed by atoms with Crippen molar-refractivity contribution in [2.45, 2.75) is 98.6 Å². The van der Waals surface area contributed by atoms with Crippen molar-refractivity contribution in [3.05, 3.63) is 143 Å². The second-order valence-corrected chi connectivity index (χ2v) is 18.2. The van der Waals surface area contributed by atoms with E-state index in [2.05, 4.69) is 35.8 Å². The molecule has 3 atom stereocenters. The standard InChI is InChI=1S/C48H60N10O6/c1-46(2,43(59)62-7)25-40(34-19-13-10-14-20-34)56-31-37(49-52-56)28-55(29-38-32-57(53-50-38)41(35-21-15-11-16-22-35)26-47(3,4)44(60)63-8)30-39-33-58(54-51-39)42(36-23-17-12-18-24-36)27-48(5,6)45(61)64-9/h10-24,31-33,40-42H,25-30H2,1-9H3. The highest BCUT2D eigenvalue weighted by molar-refractivity contribution is 5.76. The van der Waals surface area contributed by atoms with Gasteiger partial charge in [-0.1, -0.05) is 107 Å². The number of carbonyl (C=O) groups is 3. The second kappa shape index (κ2) is 20.3. The summed E-state index contributed by atoms with van der Waals surface area (Å²) in [4.78, 5) is 40.7. The number of methoxy groups -OCH3 is 3. The van der Waals surface area contributed by atoms with E-state index in [1.165, 1.54) is 21.3 Å². The van der Waals surface area contributed by atoms with Crippen molar-refractivity contribution in [1.29, 1.82) is 0 Å². The molecule has 0 bridgehead atoms.